The summed E-state index contributed by atoms with van der Waals surface area (Å²) in [6, 6.07) is 16.6. The van der Waals surface area contributed by atoms with Crippen LogP contribution in [0.2, 0.25) is 0 Å². The summed E-state index contributed by atoms with van der Waals surface area (Å²) in [5.74, 6) is 1.14. The molecule has 0 amide bonds. The summed E-state index contributed by atoms with van der Waals surface area (Å²) in [6.45, 7) is 8.92. The van der Waals surface area contributed by atoms with E-state index in [1.807, 2.05) is 12.1 Å². The third-order valence-electron chi connectivity index (χ3n) is 8.88. The number of hydrogen-bond acceptors (Lipinski definition) is 3. The Morgan fingerprint density at radius 3 is 2.67 bits per heavy atom. The number of nitrogen functional groups attached to an aromatic ring is 1. The van der Waals surface area contributed by atoms with E-state index in [9.17, 15) is 4.79 Å². The Bertz CT molecular complexity index is 1270. The van der Waals surface area contributed by atoms with Crippen molar-refractivity contribution in [1.82, 2.24) is 0 Å². The lowest BCUT2D eigenvalue weighted by Crippen LogP contribution is -2.35. The summed E-state index contributed by atoms with van der Waals surface area (Å²) in [7, 11) is 0. The summed E-state index contributed by atoms with van der Waals surface area (Å²) >= 11 is 0. The zero-order chi connectivity index (χ0) is 28.5. The van der Waals surface area contributed by atoms with Gasteiger partial charge in [0.2, 0.25) is 0 Å². The number of rotatable bonds is 10. The van der Waals surface area contributed by atoms with Crippen molar-refractivity contribution >= 4 is 11.5 Å². The van der Waals surface area contributed by atoms with E-state index in [1.54, 1.807) is 0 Å². The highest BCUT2D eigenvalue weighted by Gasteiger charge is 2.27. The zero-order valence-corrected chi connectivity index (χ0v) is 24.7. The number of hydrogen-bond donors (Lipinski definition) is 2. The van der Waals surface area contributed by atoms with Gasteiger partial charge in [-0.25, -0.2) is 0 Å². The quantitative estimate of drug-likeness (QED) is 0.105. The van der Waals surface area contributed by atoms with E-state index in [0.717, 1.165) is 56.2 Å². The summed E-state index contributed by atoms with van der Waals surface area (Å²) in [5.41, 5.74) is 24.3. The van der Waals surface area contributed by atoms with Crippen LogP contribution < -0.4 is 11.5 Å². The molecule has 40 heavy (non-hydrogen) atoms. The molecule has 0 aromatic heterocycles. The molecule has 2 aliphatic carbocycles. The van der Waals surface area contributed by atoms with Crippen molar-refractivity contribution in [3.63, 3.8) is 0 Å². The van der Waals surface area contributed by atoms with Gasteiger partial charge in [0.1, 0.15) is 5.78 Å². The van der Waals surface area contributed by atoms with E-state index < -0.39 is 0 Å². The van der Waals surface area contributed by atoms with E-state index in [1.165, 1.54) is 47.1 Å². The van der Waals surface area contributed by atoms with Crippen LogP contribution in [0.1, 0.15) is 101 Å². The van der Waals surface area contributed by atoms with Crippen molar-refractivity contribution in [3.8, 4) is 0 Å². The van der Waals surface area contributed by atoms with Crippen molar-refractivity contribution < 1.29 is 4.79 Å². The minimum absolute atomic E-state index is 0.0242. The first-order valence-corrected chi connectivity index (χ1v) is 15.2. The van der Waals surface area contributed by atoms with Gasteiger partial charge >= 0.3 is 0 Å². The van der Waals surface area contributed by atoms with Gasteiger partial charge in [0.25, 0.3) is 0 Å². The maximum absolute atomic E-state index is 12.7. The maximum atomic E-state index is 12.7. The molecule has 0 heterocycles. The van der Waals surface area contributed by atoms with E-state index in [0.29, 0.717) is 24.5 Å². The number of allylic oxidation sites excluding steroid dienone is 4. The van der Waals surface area contributed by atoms with Crippen LogP contribution in [-0.4, -0.2) is 11.3 Å². The smallest absolute Gasteiger partial charge is 0.137 e. The molecule has 3 nitrogen and oxygen atoms in total. The minimum Gasteiger partial charge on any atom is -0.399 e. The lowest BCUT2D eigenvalue weighted by molar-refractivity contribution is -0.118. The standard InChI is InChI=1S/C37H48N2O/c1-27-23-32(12-7-13-34(24-27)31-14-8-21-37(3,39)22-20-31)28(2)33-11-6-10-30(25-33)26-36(40)15-5-4-9-29-16-18-35(38)19-17-29/h6-7,10-11,13,16-19,25,28,31H,1,4-5,8-9,14-15,20-24,26,38-39H2,2-3H3/b34-13+. The van der Waals surface area contributed by atoms with Crippen LogP contribution in [0.25, 0.3) is 0 Å². The third-order valence-corrected chi connectivity index (χ3v) is 8.88. The number of anilines is 1. The molecule has 1 fully saturated rings. The van der Waals surface area contributed by atoms with Crippen LogP contribution in [0.5, 0.6) is 0 Å². The molecule has 0 saturated heterocycles. The number of benzene rings is 2. The average Bonchev–Trinajstić information content (AvgIpc) is 3.09. The van der Waals surface area contributed by atoms with Crippen LogP contribution in [0.3, 0.4) is 0 Å². The average molecular weight is 537 g/mol. The van der Waals surface area contributed by atoms with Crippen molar-refractivity contribution in [2.24, 2.45) is 11.7 Å². The van der Waals surface area contributed by atoms with Gasteiger partial charge in [-0.05, 0) is 111 Å². The molecule has 4 N–H and O–H groups in total. The Balaban J connectivity index is 1.34. The minimum atomic E-state index is -0.0242. The second-order valence-corrected chi connectivity index (χ2v) is 12.6. The number of ketones is 1. The Hall–Kier alpha value is -3.13. The van der Waals surface area contributed by atoms with Crippen molar-refractivity contribution in [2.45, 2.75) is 102 Å². The monoisotopic (exact) mass is 536 g/mol. The van der Waals surface area contributed by atoms with Crippen molar-refractivity contribution in [3.05, 3.63) is 106 Å². The normalized spacial score (nSPS) is 23.8. The number of carbonyl (C=O) groups excluding carboxylic acids is 1. The van der Waals surface area contributed by atoms with E-state index in [4.69, 9.17) is 11.5 Å². The van der Waals surface area contributed by atoms with Crippen LogP contribution in [-0.2, 0) is 17.6 Å². The fourth-order valence-electron chi connectivity index (χ4n) is 6.27. The van der Waals surface area contributed by atoms with Crippen LogP contribution in [0.4, 0.5) is 5.69 Å². The second-order valence-electron chi connectivity index (χ2n) is 12.6. The van der Waals surface area contributed by atoms with Gasteiger partial charge in [0.05, 0.1) is 0 Å². The topological polar surface area (TPSA) is 69.1 Å². The van der Waals surface area contributed by atoms with E-state index in [-0.39, 0.29) is 11.5 Å². The van der Waals surface area contributed by atoms with Gasteiger partial charge < -0.3 is 11.5 Å². The molecule has 1 saturated carbocycles. The van der Waals surface area contributed by atoms with Gasteiger partial charge in [-0.15, -0.1) is 5.73 Å². The molecule has 0 aliphatic heterocycles. The van der Waals surface area contributed by atoms with Gasteiger partial charge in [-0.1, -0.05) is 73.5 Å². The fourth-order valence-corrected chi connectivity index (χ4v) is 6.27. The molecular formula is C37H48N2O. The Kier molecular flexibility index (Phi) is 10.4. The van der Waals surface area contributed by atoms with Gasteiger partial charge in [0, 0.05) is 30.0 Å². The molecule has 0 radical (unpaired) electrons. The Morgan fingerprint density at radius 2 is 1.88 bits per heavy atom. The lowest BCUT2D eigenvalue weighted by atomic mass is 9.82. The van der Waals surface area contributed by atoms with Crippen molar-refractivity contribution in [2.75, 3.05) is 5.73 Å². The predicted molar refractivity (Wildman–Crippen MR) is 169 cm³/mol. The zero-order valence-electron chi connectivity index (χ0n) is 24.7. The Labute approximate surface area is 242 Å². The lowest BCUT2D eigenvalue weighted by Gasteiger charge is -2.24. The molecule has 212 valence electrons. The highest BCUT2D eigenvalue weighted by atomic mass is 16.1. The van der Waals surface area contributed by atoms with E-state index in [2.05, 4.69) is 74.7 Å². The number of aryl methyl sites for hydroxylation is 1. The molecule has 0 bridgehead atoms. The molecule has 2 aromatic rings. The maximum Gasteiger partial charge on any atom is 0.137 e. The number of nitrogens with two attached hydrogens (primary N) is 2. The van der Waals surface area contributed by atoms with Crippen LogP contribution in [0.15, 0.2) is 89.7 Å². The third kappa shape index (κ3) is 8.95. The number of unbranched alkanes of at least 4 members (excludes halogenated alkanes) is 1. The number of carbonyl (C=O) groups is 1. The fraction of sp³-hybridized carbons (Fsp3) is 0.459. The first kappa shape index (κ1) is 29.8. The second kappa shape index (κ2) is 14.0. The first-order valence-electron chi connectivity index (χ1n) is 15.2. The highest BCUT2D eigenvalue weighted by Crippen LogP contribution is 2.37. The number of Topliss-reactive ketones (excluding diaryl/α,β-unsaturated/α-hetero) is 1. The summed E-state index contributed by atoms with van der Waals surface area (Å²) in [4.78, 5) is 12.7. The molecule has 4 rings (SSSR count). The molecule has 2 aliphatic rings. The summed E-state index contributed by atoms with van der Waals surface area (Å²) in [5, 5.41) is 0. The SMILES string of the molecule is C=C1CC(C(C)c2cccc(CC(=O)CCCCc3ccc(N)cc3)c2)=C=C/C=C(/C2CCCC(C)(N)CC2)C1. The Morgan fingerprint density at radius 1 is 1.07 bits per heavy atom. The summed E-state index contributed by atoms with van der Waals surface area (Å²) in [6.07, 6.45) is 16.1. The molecule has 2 aromatic carbocycles. The molecular weight excluding hydrogens is 488 g/mol. The van der Waals surface area contributed by atoms with Gasteiger partial charge in [-0.2, -0.15) is 0 Å². The van der Waals surface area contributed by atoms with Crippen LogP contribution in [0, 0.1) is 5.92 Å². The van der Waals surface area contributed by atoms with Crippen LogP contribution >= 0.6 is 0 Å². The molecule has 0 spiro atoms. The predicted octanol–water partition coefficient (Wildman–Crippen LogP) is 8.55. The molecule has 3 atom stereocenters. The molecule has 3 unspecified atom stereocenters. The first-order chi connectivity index (χ1) is 19.2. The summed E-state index contributed by atoms with van der Waals surface area (Å²) < 4.78 is 0. The van der Waals surface area contributed by atoms with Crippen molar-refractivity contribution in [1.29, 1.82) is 0 Å². The van der Waals surface area contributed by atoms with E-state index >= 15 is 0 Å². The van der Waals surface area contributed by atoms with Gasteiger partial charge in [-0.3, -0.25) is 4.79 Å². The largest absolute Gasteiger partial charge is 0.399 e. The van der Waals surface area contributed by atoms with Gasteiger partial charge in [0.15, 0.2) is 0 Å². The molecule has 3 heteroatoms. The highest BCUT2D eigenvalue weighted by molar-refractivity contribution is 5.80.